The molecule has 0 saturated carbocycles. The number of nitrogens with zero attached hydrogens (tertiary/aromatic N) is 1. The summed E-state index contributed by atoms with van der Waals surface area (Å²) in [4.78, 5) is 2.56. The van der Waals surface area contributed by atoms with E-state index in [0.717, 1.165) is 32.4 Å². The number of hydrogen-bond donors (Lipinski definition) is 1. The van der Waals surface area contributed by atoms with E-state index >= 15 is 0 Å². The van der Waals surface area contributed by atoms with Gasteiger partial charge in [-0.15, -0.1) is 0 Å². The average molecular weight is 472 g/mol. The molecule has 2 heteroatoms. The summed E-state index contributed by atoms with van der Waals surface area (Å²) < 4.78 is 0. The summed E-state index contributed by atoms with van der Waals surface area (Å²) in [5, 5.41) is 9.48. The van der Waals surface area contributed by atoms with E-state index in [4.69, 9.17) is 0 Å². The lowest BCUT2D eigenvalue weighted by Gasteiger charge is -2.29. The quantitative estimate of drug-likeness (QED) is 0.229. The Labute approximate surface area is 214 Å². The van der Waals surface area contributed by atoms with Crippen molar-refractivity contribution in [3.05, 3.63) is 118 Å². The second-order valence-corrected chi connectivity index (χ2v) is 9.33. The number of allylic oxidation sites excluding steroid dienone is 12. The highest BCUT2D eigenvalue weighted by Crippen LogP contribution is 2.30. The van der Waals surface area contributed by atoms with Crippen molar-refractivity contribution in [2.24, 2.45) is 0 Å². The Morgan fingerprint density at radius 3 is 2.66 bits per heavy atom. The minimum Gasteiger partial charge on any atom is -0.513 e. The van der Waals surface area contributed by atoms with E-state index in [1.165, 1.54) is 51.9 Å². The van der Waals surface area contributed by atoms with E-state index in [1.807, 2.05) is 0 Å². The topological polar surface area (TPSA) is 23.5 Å². The number of unbranched alkanes of at least 4 members (excludes halogenated alkanes) is 1. The molecule has 1 aromatic carbocycles. The van der Waals surface area contributed by atoms with Crippen LogP contribution in [0.1, 0.15) is 76.5 Å². The lowest BCUT2D eigenvalue weighted by molar-refractivity contribution is 0.334. The molecule has 0 atom stereocenters. The third kappa shape index (κ3) is 8.94. The molecule has 0 heterocycles. The lowest BCUT2D eigenvalue weighted by atomic mass is 9.96. The highest BCUT2D eigenvalue weighted by molar-refractivity contribution is 5.55. The molecule has 0 aromatic heterocycles. The zero-order valence-electron chi connectivity index (χ0n) is 22.6. The molecular weight excluding hydrogens is 426 g/mol. The Bertz CT molecular complexity index is 1030. The molecule has 0 amide bonds. The van der Waals surface area contributed by atoms with Gasteiger partial charge in [0.05, 0.1) is 5.76 Å². The van der Waals surface area contributed by atoms with E-state index in [2.05, 4.69) is 113 Å². The van der Waals surface area contributed by atoms with Crippen LogP contribution in [0, 0.1) is 6.92 Å². The SMILES string of the molecule is C=C(O)CCc1ccc(CN(CCCC)C2=CCC=CC(C(/C=C\C)=C/C=C/CC)=C2C)cc1C. The van der Waals surface area contributed by atoms with Gasteiger partial charge in [0.25, 0.3) is 0 Å². The van der Waals surface area contributed by atoms with Crippen molar-refractivity contribution in [1.29, 1.82) is 0 Å². The van der Waals surface area contributed by atoms with Crippen LogP contribution in [0.5, 0.6) is 0 Å². The fourth-order valence-corrected chi connectivity index (χ4v) is 4.45. The summed E-state index contributed by atoms with van der Waals surface area (Å²) in [5.74, 6) is 0.253. The number of benzene rings is 1. The maximum absolute atomic E-state index is 9.48. The smallest absolute Gasteiger partial charge is 0.0854 e. The predicted molar refractivity (Wildman–Crippen MR) is 153 cm³/mol. The van der Waals surface area contributed by atoms with Crippen molar-refractivity contribution in [3.8, 4) is 0 Å². The monoisotopic (exact) mass is 471 g/mol. The van der Waals surface area contributed by atoms with Gasteiger partial charge in [-0.2, -0.15) is 0 Å². The first kappa shape index (κ1) is 28.2. The number of rotatable bonds is 13. The van der Waals surface area contributed by atoms with Crippen molar-refractivity contribution >= 4 is 0 Å². The molecule has 0 fully saturated rings. The summed E-state index contributed by atoms with van der Waals surface area (Å²) >= 11 is 0. The summed E-state index contributed by atoms with van der Waals surface area (Å²) in [6.07, 6.45) is 23.7. The van der Waals surface area contributed by atoms with E-state index in [0.29, 0.717) is 6.42 Å². The Hall–Kier alpha value is -3.00. The van der Waals surface area contributed by atoms with Crippen LogP contribution < -0.4 is 0 Å². The number of hydrogen-bond acceptors (Lipinski definition) is 2. The van der Waals surface area contributed by atoms with Gasteiger partial charge in [-0.1, -0.05) is 93.7 Å². The summed E-state index contributed by atoms with van der Waals surface area (Å²) in [7, 11) is 0. The van der Waals surface area contributed by atoms with Gasteiger partial charge in [0.1, 0.15) is 0 Å². The third-order valence-corrected chi connectivity index (χ3v) is 6.41. The summed E-state index contributed by atoms with van der Waals surface area (Å²) in [5.41, 5.74) is 9.11. The van der Waals surface area contributed by atoms with Gasteiger partial charge in [-0.05, 0) is 79.9 Å². The van der Waals surface area contributed by atoms with Gasteiger partial charge >= 0.3 is 0 Å². The molecule has 0 saturated heterocycles. The molecule has 1 aliphatic carbocycles. The second kappa shape index (κ2) is 15.1. The van der Waals surface area contributed by atoms with E-state index in [1.54, 1.807) is 0 Å². The molecule has 1 N–H and O–H groups in total. The van der Waals surface area contributed by atoms with Gasteiger partial charge in [0, 0.05) is 25.2 Å². The van der Waals surface area contributed by atoms with Crippen molar-refractivity contribution in [1.82, 2.24) is 4.90 Å². The first-order valence-corrected chi connectivity index (χ1v) is 13.2. The molecule has 2 rings (SSSR count). The minimum absolute atomic E-state index is 0.253. The molecule has 1 aromatic rings. The fourth-order valence-electron chi connectivity index (χ4n) is 4.45. The van der Waals surface area contributed by atoms with Gasteiger partial charge in [-0.3, -0.25) is 0 Å². The van der Waals surface area contributed by atoms with Crippen LogP contribution in [0.3, 0.4) is 0 Å². The highest BCUT2D eigenvalue weighted by Gasteiger charge is 2.17. The maximum atomic E-state index is 9.48. The van der Waals surface area contributed by atoms with Crippen LogP contribution >= 0.6 is 0 Å². The van der Waals surface area contributed by atoms with Gasteiger partial charge in [-0.25, -0.2) is 0 Å². The maximum Gasteiger partial charge on any atom is 0.0854 e. The van der Waals surface area contributed by atoms with Crippen LogP contribution in [0.2, 0.25) is 0 Å². The second-order valence-electron chi connectivity index (χ2n) is 9.33. The molecule has 0 spiro atoms. The number of aliphatic hydroxyl groups excluding tert-OH is 1. The van der Waals surface area contributed by atoms with Gasteiger partial charge in [0.15, 0.2) is 0 Å². The van der Waals surface area contributed by atoms with Crippen molar-refractivity contribution in [2.45, 2.75) is 79.7 Å². The van der Waals surface area contributed by atoms with Crippen LogP contribution in [0.25, 0.3) is 0 Å². The first-order chi connectivity index (χ1) is 16.9. The first-order valence-electron chi connectivity index (χ1n) is 13.2. The van der Waals surface area contributed by atoms with E-state index in [9.17, 15) is 5.11 Å². The standard InChI is InChI=1S/C33H45NO/c1-7-10-12-16-31(15-9-3)32-17-13-14-18-33(28(32)6)34(23-11-8-2)25-29-20-22-30(26(4)24-29)21-19-27(5)35/h9-10,12-13,15-18,20,22,24,35H,5,7-8,11,14,19,21,23,25H2,1-4,6H3/b12-10+,15-9-,31-16+. The van der Waals surface area contributed by atoms with Crippen molar-refractivity contribution in [3.63, 3.8) is 0 Å². The van der Waals surface area contributed by atoms with Crippen molar-refractivity contribution < 1.29 is 5.11 Å². The summed E-state index contributed by atoms with van der Waals surface area (Å²) in [6.45, 7) is 16.5. The Balaban J connectivity index is 2.40. The Morgan fingerprint density at radius 2 is 2.00 bits per heavy atom. The molecule has 0 unspecified atom stereocenters. The highest BCUT2D eigenvalue weighted by atomic mass is 16.3. The molecular formula is C33H45NO. The predicted octanol–water partition coefficient (Wildman–Crippen LogP) is 9.23. The fraction of sp³-hybridized carbons (Fsp3) is 0.394. The molecule has 35 heavy (non-hydrogen) atoms. The molecule has 0 bridgehead atoms. The minimum atomic E-state index is 0.253. The van der Waals surface area contributed by atoms with Gasteiger partial charge in [0.2, 0.25) is 0 Å². The zero-order valence-corrected chi connectivity index (χ0v) is 22.6. The van der Waals surface area contributed by atoms with Crippen LogP contribution in [-0.2, 0) is 13.0 Å². The lowest BCUT2D eigenvalue weighted by Crippen LogP contribution is -2.25. The number of aryl methyl sites for hydroxylation is 2. The average Bonchev–Trinajstić information content (AvgIpc) is 3.02. The normalized spacial score (nSPS) is 14.7. The van der Waals surface area contributed by atoms with Crippen LogP contribution in [-0.4, -0.2) is 16.6 Å². The Morgan fingerprint density at radius 1 is 1.20 bits per heavy atom. The molecule has 2 nitrogen and oxygen atoms in total. The van der Waals surface area contributed by atoms with Crippen LogP contribution in [0.4, 0.5) is 0 Å². The van der Waals surface area contributed by atoms with E-state index in [-0.39, 0.29) is 5.76 Å². The largest absolute Gasteiger partial charge is 0.513 e. The van der Waals surface area contributed by atoms with E-state index < -0.39 is 0 Å². The van der Waals surface area contributed by atoms with Gasteiger partial charge < -0.3 is 10.0 Å². The third-order valence-electron chi connectivity index (χ3n) is 6.41. The molecule has 188 valence electrons. The molecule has 1 aliphatic rings. The zero-order chi connectivity index (χ0) is 25.6. The Kier molecular flexibility index (Phi) is 12.2. The molecule has 0 radical (unpaired) electrons. The molecule has 0 aliphatic heterocycles. The number of aliphatic hydroxyl groups is 1. The van der Waals surface area contributed by atoms with Crippen molar-refractivity contribution in [2.75, 3.05) is 6.54 Å². The summed E-state index contributed by atoms with van der Waals surface area (Å²) in [6, 6.07) is 6.78. The van der Waals surface area contributed by atoms with Crippen LogP contribution in [0.15, 0.2) is 102 Å².